The van der Waals surface area contributed by atoms with Crippen LogP contribution >= 0.6 is 11.6 Å². The molecule has 22 heavy (non-hydrogen) atoms. The smallest absolute Gasteiger partial charge is 0.317 e. The number of rotatable bonds is 2. The lowest BCUT2D eigenvalue weighted by molar-refractivity contribution is 0.176. The van der Waals surface area contributed by atoms with Crippen LogP contribution in [-0.4, -0.2) is 29.0 Å². The number of urea groups is 1. The average molecular weight is 317 g/mol. The first-order chi connectivity index (χ1) is 10.7. The number of nitriles is 1. The number of piperidine rings is 1. The molecule has 0 aliphatic carbocycles. The second-order valence-corrected chi connectivity index (χ2v) is 6.04. The fraction of sp³-hybridized carbons (Fsp3) is 0.375. The van der Waals surface area contributed by atoms with Crippen molar-refractivity contribution in [3.8, 4) is 6.07 Å². The average Bonchev–Trinajstić information content (AvgIpc) is 2.94. The zero-order valence-corrected chi connectivity index (χ0v) is 12.9. The molecule has 1 atom stereocenters. The van der Waals surface area contributed by atoms with Crippen LogP contribution in [0.3, 0.4) is 0 Å². The van der Waals surface area contributed by atoms with E-state index >= 15 is 0 Å². The number of aromatic amines is 1. The Labute approximate surface area is 133 Å². The second kappa shape index (κ2) is 6.29. The molecule has 2 N–H and O–H groups in total. The lowest BCUT2D eigenvalue weighted by Crippen LogP contribution is -2.45. The van der Waals surface area contributed by atoms with Gasteiger partial charge in [0.2, 0.25) is 0 Å². The molecule has 0 saturated carbocycles. The Morgan fingerprint density at radius 1 is 1.50 bits per heavy atom. The van der Waals surface area contributed by atoms with E-state index in [2.05, 4.69) is 16.4 Å². The van der Waals surface area contributed by atoms with E-state index < -0.39 is 0 Å². The maximum Gasteiger partial charge on any atom is 0.317 e. The van der Waals surface area contributed by atoms with E-state index in [0.29, 0.717) is 24.7 Å². The molecule has 2 aromatic rings. The Morgan fingerprint density at radius 2 is 2.36 bits per heavy atom. The van der Waals surface area contributed by atoms with Crippen molar-refractivity contribution in [1.82, 2.24) is 15.2 Å². The molecule has 2 heterocycles. The number of aromatic nitrogens is 1. The maximum absolute atomic E-state index is 12.2. The third-order valence-corrected chi connectivity index (χ3v) is 4.19. The molecule has 1 saturated heterocycles. The summed E-state index contributed by atoms with van der Waals surface area (Å²) >= 11 is 5.97. The summed E-state index contributed by atoms with van der Waals surface area (Å²) in [7, 11) is 0. The Balaban J connectivity index is 1.61. The number of fused-ring (bicyclic) bond motifs is 1. The predicted molar refractivity (Wildman–Crippen MR) is 85.5 cm³/mol. The Morgan fingerprint density at radius 3 is 3.18 bits per heavy atom. The van der Waals surface area contributed by atoms with Gasteiger partial charge in [0.05, 0.1) is 18.5 Å². The summed E-state index contributed by atoms with van der Waals surface area (Å²) in [6, 6.07) is 9.76. The topological polar surface area (TPSA) is 71.9 Å². The van der Waals surface area contributed by atoms with Gasteiger partial charge in [-0.3, -0.25) is 0 Å². The predicted octanol–water partition coefficient (Wildman–Crippen LogP) is 3.27. The van der Waals surface area contributed by atoms with Crippen LogP contribution in [0.15, 0.2) is 24.3 Å². The van der Waals surface area contributed by atoms with Crippen LogP contribution in [0.25, 0.3) is 10.9 Å². The van der Waals surface area contributed by atoms with Crippen molar-refractivity contribution in [3.05, 3.63) is 35.0 Å². The second-order valence-electron chi connectivity index (χ2n) is 5.60. The molecule has 0 radical (unpaired) electrons. The number of likely N-dealkylation sites (tertiary alicyclic amines) is 1. The molecule has 1 aromatic heterocycles. The molecule has 5 nitrogen and oxygen atoms in total. The molecule has 1 fully saturated rings. The van der Waals surface area contributed by atoms with Crippen LogP contribution in [0.2, 0.25) is 5.02 Å². The van der Waals surface area contributed by atoms with Crippen molar-refractivity contribution >= 4 is 28.5 Å². The van der Waals surface area contributed by atoms with Crippen LogP contribution < -0.4 is 5.32 Å². The van der Waals surface area contributed by atoms with Gasteiger partial charge in [0.1, 0.15) is 0 Å². The van der Waals surface area contributed by atoms with Crippen LogP contribution in [0.5, 0.6) is 0 Å². The van der Waals surface area contributed by atoms with Crippen LogP contribution in [-0.2, 0) is 6.54 Å². The van der Waals surface area contributed by atoms with Gasteiger partial charge in [0, 0.05) is 34.7 Å². The number of carbonyl (C=O) groups is 1. The highest BCUT2D eigenvalue weighted by molar-refractivity contribution is 6.31. The molecule has 2 amide bonds. The minimum Gasteiger partial charge on any atom is -0.357 e. The van der Waals surface area contributed by atoms with E-state index in [9.17, 15) is 4.79 Å². The normalized spacial score (nSPS) is 18.2. The number of hydrogen-bond acceptors (Lipinski definition) is 2. The Bertz CT molecular complexity index is 733. The number of nitrogens with zero attached hydrogens (tertiary/aromatic N) is 2. The summed E-state index contributed by atoms with van der Waals surface area (Å²) in [6.07, 6.45) is 1.76. The Kier molecular flexibility index (Phi) is 4.21. The Hall–Kier alpha value is -2.19. The summed E-state index contributed by atoms with van der Waals surface area (Å²) in [4.78, 5) is 17.1. The van der Waals surface area contributed by atoms with Crippen molar-refractivity contribution in [3.63, 3.8) is 0 Å². The number of hydrogen-bond donors (Lipinski definition) is 2. The standard InChI is InChI=1S/C16H17ClN4O/c17-13-3-4-15-12(6-13)7-14(20-15)9-19-16(22)21-5-1-2-11(8-18)10-21/h3-4,6-7,11,20H,1-2,5,9-10H2,(H,19,22)/t11-/m1/s1. The largest absolute Gasteiger partial charge is 0.357 e. The van der Waals surface area contributed by atoms with Gasteiger partial charge in [-0.25, -0.2) is 4.79 Å². The van der Waals surface area contributed by atoms with E-state index in [0.717, 1.165) is 29.4 Å². The highest BCUT2D eigenvalue weighted by Gasteiger charge is 2.23. The third kappa shape index (κ3) is 3.18. The van der Waals surface area contributed by atoms with E-state index in [1.54, 1.807) is 4.90 Å². The van der Waals surface area contributed by atoms with E-state index in [-0.39, 0.29) is 11.9 Å². The first kappa shape index (κ1) is 14.7. The molecular formula is C16H17ClN4O. The molecule has 1 aromatic carbocycles. The third-order valence-electron chi connectivity index (χ3n) is 3.96. The fourth-order valence-electron chi connectivity index (χ4n) is 2.81. The summed E-state index contributed by atoms with van der Waals surface area (Å²) in [5.74, 6) is -0.0466. The number of amides is 2. The molecule has 0 spiro atoms. The lowest BCUT2D eigenvalue weighted by Gasteiger charge is -2.29. The number of halogens is 1. The molecule has 0 bridgehead atoms. The van der Waals surface area contributed by atoms with Gasteiger partial charge < -0.3 is 15.2 Å². The van der Waals surface area contributed by atoms with Gasteiger partial charge in [-0.2, -0.15) is 5.26 Å². The number of benzene rings is 1. The van der Waals surface area contributed by atoms with Crippen molar-refractivity contribution in [2.45, 2.75) is 19.4 Å². The lowest BCUT2D eigenvalue weighted by atomic mass is 10.0. The molecule has 3 rings (SSSR count). The van der Waals surface area contributed by atoms with Crippen LogP contribution in [0.1, 0.15) is 18.5 Å². The molecule has 1 aliphatic heterocycles. The van der Waals surface area contributed by atoms with Crippen molar-refractivity contribution in [1.29, 1.82) is 5.26 Å². The monoisotopic (exact) mass is 316 g/mol. The van der Waals surface area contributed by atoms with Crippen LogP contribution in [0, 0.1) is 17.2 Å². The van der Waals surface area contributed by atoms with Gasteiger partial charge in [-0.05, 0) is 37.1 Å². The van der Waals surface area contributed by atoms with Gasteiger partial charge in [0.15, 0.2) is 0 Å². The van der Waals surface area contributed by atoms with Crippen molar-refractivity contribution in [2.24, 2.45) is 5.92 Å². The minimum atomic E-state index is -0.114. The number of nitrogens with one attached hydrogen (secondary N) is 2. The summed E-state index contributed by atoms with van der Waals surface area (Å²) in [6.45, 7) is 1.66. The summed E-state index contributed by atoms with van der Waals surface area (Å²) in [5, 5.41) is 13.6. The summed E-state index contributed by atoms with van der Waals surface area (Å²) < 4.78 is 0. The van der Waals surface area contributed by atoms with Gasteiger partial charge >= 0.3 is 6.03 Å². The zero-order chi connectivity index (χ0) is 15.5. The fourth-order valence-corrected chi connectivity index (χ4v) is 2.99. The van der Waals surface area contributed by atoms with E-state index in [4.69, 9.17) is 16.9 Å². The SMILES string of the molecule is N#C[C@H]1CCCN(C(=O)NCc2cc3cc(Cl)ccc3[nH]2)C1. The molecule has 114 valence electrons. The van der Waals surface area contributed by atoms with Crippen molar-refractivity contribution < 1.29 is 4.79 Å². The minimum absolute atomic E-state index is 0.0466. The maximum atomic E-state index is 12.2. The van der Waals surface area contributed by atoms with E-state index in [1.807, 2.05) is 24.3 Å². The molecule has 6 heteroatoms. The highest BCUT2D eigenvalue weighted by atomic mass is 35.5. The highest BCUT2D eigenvalue weighted by Crippen LogP contribution is 2.20. The molecule has 0 unspecified atom stereocenters. The van der Waals surface area contributed by atoms with Gasteiger partial charge in [-0.1, -0.05) is 11.6 Å². The quantitative estimate of drug-likeness (QED) is 0.892. The first-order valence-electron chi connectivity index (χ1n) is 7.35. The number of H-pyrrole nitrogens is 1. The summed E-state index contributed by atoms with van der Waals surface area (Å²) in [5.41, 5.74) is 1.93. The van der Waals surface area contributed by atoms with Crippen LogP contribution in [0.4, 0.5) is 4.79 Å². The van der Waals surface area contributed by atoms with E-state index in [1.165, 1.54) is 0 Å². The zero-order valence-electron chi connectivity index (χ0n) is 12.1. The van der Waals surface area contributed by atoms with Gasteiger partial charge in [-0.15, -0.1) is 0 Å². The van der Waals surface area contributed by atoms with Gasteiger partial charge in [0.25, 0.3) is 0 Å². The molecular weight excluding hydrogens is 300 g/mol. The van der Waals surface area contributed by atoms with Crippen molar-refractivity contribution in [2.75, 3.05) is 13.1 Å². The first-order valence-corrected chi connectivity index (χ1v) is 7.73. The number of carbonyl (C=O) groups excluding carboxylic acids is 1. The molecule has 1 aliphatic rings.